The number of anilines is 1. The minimum Gasteiger partial charge on any atom is -0.326 e. The van der Waals surface area contributed by atoms with Crippen LogP contribution in [-0.4, -0.2) is 8.42 Å². The Labute approximate surface area is 122 Å². The molecular weight excluding hydrogens is 355 g/mol. The van der Waals surface area contributed by atoms with Gasteiger partial charge in [0.05, 0.1) is 10.2 Å². The maximum absolute atomic E-state index is 13.1. The molecule has 0 unspecified atom stereocenters. The maximum atomic E-state index is 13.1. The van der Waals surface area contributed by atoms with Gasteiger partial charge in [-0.1, -0.05) is 0 Å². The molecule has 3 N–H and O–H groups in total. The number of sulfonamides is 1. The van der Waals surface area contributed by atoms with Gasteiger partial charge in [0.15, 0.2) is 0 Å². The topological polar surface area (TPSA) is 72.2 Å². The standard InChI is InChI=1S/C11H10BrFN2O2S2/c12-9-4-8(1-2-10(9)13)15-19(16,17)11-3-7(5-14)6-18-11/h1-4,6,15H,5,14H2. The van der Waals surface area contributed by atoms with Crippen LogP contribution >= 0.6 is 27.3 Å². The fraction of sp³-hybridized carbons (Fsp3) is 0.0909. The zero-order valence-corrected chi connectivity index (χ0v) is 12.8. The second kappa shape index (κ2) is 5.58. The van der Waals surface area contributed by atoms with Crippen LogP contribution in [-0.2, 0) is 16.6 Å². The van der Waals surface area contributed by atoms with Gasteiger partial charge in [-0.3, -0.25) is 4.72 Å². The molecule has 8 heteroatoms. The molecule has 1 aromatic carbocycles. The van der Waals surface area contributed by atoms with Gasteiger partial charge in [-0.25, -0.2) is 12.8 Å². The highest BCUT2D eigenvalue weighted by molar-refractivity contribution is 9.10. The highest BCUT2D eigenvalue weighted by Gasteiger charge is 2.17. The van der Waals surface area contributed by atoms with E-state index in [1.54, 1.807) is 5.38 Å². The first-order valence-corrected chi connectivity index (χ1v) is 8.33. The Kier molecular flexibility index (Phi) is 4.24. The number of nitrogens with one attached hydrogen (secondary N) is 1. The minimum atomic E-state index is -3.66. The van der Waals surface area contributed by atoms with Crippen molar-refractivity contribution < 1.29 is 12.8 Å². The van der Waals surface area contributed by atoms with E-state index in [1.165, 1.54) is 24.3 Å². The number of rotatable bonds is 4. The fourth-order valence-corrected chi connectivity index (χ4v) is 4.02. The molecule has 19 heavy (non-hydrogen) atoms. The van der Waals surface area contributed by atoms with E-state index in [1.807, 2.05) is 0 Å². The summed E-state index contributed by atoms with van der Waals surface area (Å²) in [6.07, 6.45) is 0. The molecule has 1 heterocycles. The van der Waals surface area contributed by atoms with Crippen LogP contribution in [0.15, 0.2) is 38.3 Å². The zero-order chi connectivity index (χ0) is 14.0. The van der Waals surface area contributed by atoms with Crippen molar-refractivity contribution in [1.29, 1.82) is 0 Å². The van der Waals surface area contributed by atoms with Gasteiger partial charge in [-0.15, -0.1) is 11.3 Å². The Morgan fingerprint density at radius 2 is 2.11 bits per heavy atom. The predicted molar refractivity (Wildman–Crippen MR) is 77.1 cm³/mol. The molecule has 2 rings (SSSR count). The summed E-state index contributed by atoms with van der Waals surface area (Å²) in [5.74, 6) is -0.454. The molecule has 0 aliphatic heterocycles. The van der Waals surface area contributed by atoms with E-state index >= 15 is 0 Å². The molecule has 0 spiro atoms. The van der Waals surface area contributed by atoms with E-state index in [0.29, 0.717) is 0 Å². The summed E-state index contributed by atoms with van der Waals surface area (Å²) >= 11 is 4.09. The van der Waals surface area contributed by atoms with Crippen LogP contribution < -0.4 is 10.5 Å². The molecule has 0 bridgehead atoms. The summed E-state index contributed by atoms with van der Waals surface area (Å²) in [7, 11) is -3.66. The van der Waals surface area contributed by atoms with Crippen LogP contribution in [0.1, 0.15) is 5.56 Å². The molecular formula is C11H10BrFN2O2S2. The fourth-order valence-electron chi connectivity index (χ4n) is 1.37. The Bertz CT molecular complexity index is 700. The van der Waals surface area contributed by atoms with Gasteiger partial charge in [-0.05, 0) is 51.1 Å². The SMILES string of the molecule is NCc1csc(S(=O)(=O)Nc2ccc(F)c(Br)c2)c1. The van der Waals surface area contributed by atoms with Crippen LogP contribution in [0.2, 0.25) is 0 Å². The molecule has 2 aromatic rings. The van der Waals surface area contributed by atoms with Crippen molar-refractivity contribution >= 4 is 43.0 Å². The van der Waals surface area contributed by atoms with Crippen molar-refractivity contribution in [2.75, 3.05) is 4.72 Å². The lowest BCUT2D eigenvalue weighted by atomic mass is 10.3. The number of thiophene rings is 1. The van der Waals surface area contributed by atoms with E-state index in [4.69, 9.17) is 5.73 Å². The number of benzene rings is 1. The van der Waals surface area contributed by atoms with E-state index < -0.39 is 15.8 Å². The van der Waals surface area contributed by atoms with Crippen molar-refractivity contribution in [2.45, 2.75) is 10.8 Å². The van der Waals surface area contributed by atoms with E-state index in [-0.39, 0.29) is 20.9 Å². The van der Waals surface area contributed by atoms with Crippen molar-refractivity contribution in [2.24, 2.45) is 5.73 Å². The van der Waals surface area contributed by atoms with E-state index in [9.17, 15) is 12.8 Å². The van der Waals surface area contributed by atoms with Crippen molar-refractivity contribution in [3.63, 3.8) is 0 Å². The van der Waals surface area contributed by atoms with E-state index in [0.717, 1.165) is 16.9 Å². The monoisotopic (exact) mass is 364 g/mol. The van der Waals surface area contributed by atoms with Gasteiger partial charge in [0.2, 0.25) is 0 Å². The molecule has 102 valence electrons. The molecule has 0 aliphatic carbocycles. The van der Waals surface area contributed by atoms with Crippen molar-refractivity contribution in [1.82, 2.24) is 0 Å². The summed E-state index contributed by atoms with van der Waals surface area (Å²) in [5.41, 5.74) is 6.48. The minimum absolute atomic E-state index is 0.174. The predicted octanol–water partition coefficient (Wildman–Crippen LogP) is 2.91. The third kappa shape index (κ3) is 3.33. The lowest BCUT2D eigenvalue weighted by Gasteiger charge is -2.06. The van der Waals surface area contributed by atoms with Crippen LogP contribution in [0.3, 0.4) is 0 Å². The molecule has 1 aromatic heterocycles. The lowest BCUT2D eigenvalue weighted by molar-refractivity contribution is 0.602. The molecule has 0 saturated carbocycles. The largest absolute Gasteiger partial charge is 0.326 e. The highest BCUT2D eigenvalue weighted by Crippen LogP contribution is 2.25. The van der Waals surface area contributed by atoms with Crippen molar-refractivity contribution in [3.8, 4) is 0 Å². The molecule has 0 fully saturated rings. The van der Waals surface area contributed by atoms with Crippen LogP contribution in [0, 0.1) is 5.82 Å². The van der Waals surface area contributed by atoms with Gasteiger partial charge in [0, 0.05) is 6.54 Å². The Morgan fingerprint density at radius 3 is 2.68 bits per heavy atom. The van der Waals surface area contributed by atoms with Gasteiger partial charge in [0.25, 0.3) is 10.0 Å². The normalized spacial score (nSPS) is 11.5. The smallest absolute Gasteiger partial charge is 0.271 e. The molecule has 4 nitrogen and oxygen atoms in total. The average Bonchev–Trinajstić information content (AvgIpc) is 2.83. The molecule has 0 saturated heterocycles. The van der Waals surface area contributed by atoms with E-state index in [2.05, 4.69) is 20.7 Å². The zero-order valence-electron chi connectivity index (χ0n) is 9.56. The average molecular weight is 365 g/mol. The Morgan fingerprint density at radius 1 is 1.37 bits per heavy atom. The molecule has 0 aliphatic rings. The first-order chi connectivity index (χ1) is 8.92. The highest BCUT2D eigenvalue weighted by atomic mass is 79.9. The molecule has 0 radical (unpaired) electrons. The second-order valence-corrected chi connectivity index (χ2v) is 7.39. The van der Waals surface area contributed by atoms with Gasteiger partial charge in [0.1, 0.15) is 10.0 Å². The van der Waals surface area contributed by atoms with Gasteiger partial charge in [-0.2, -0.15) is 0 Å². The molecule has 0 atom stereocenters. The second-order valence-electron chi connectivity index (χ2n) is 3.71. The number of halogens is 2. The van der Waals surface area contributed by atoms with Crippen LogP contribution in [0.25, 0.3) is 0 Å². The first-order valence-electron chi connectivity index (χ1n) is 5.18. The summed E-state index contributed by atoms with van der Waals surface area (Å²) in [6.45, 7) is 0.286. The summed E-state index contributed by atoms with van der Waals surface area (Å²) < 4.78 is 40.0. The number of hydrogen-bond acceptors (Lipinski definition) is 4. The summed E-state index contributed by atoms with van der Waals surface area (Å²) in [6, 6.07) is 5.42. The Hall–Kier alpha value is -0.960. The quantitative estimate of drug-likeness (QED) is 0.875. The Balaban J connectivity index is 2.28. The molecule has 0 amide bonds. The number of hydrogen-bond donors (Lipinski definition) is 2. The first kappa shape index (κ1) is 14.4. The lowest BCUT2D eigenvalue weighted by Crippen LogP contribution is -2.11. The third-order valence-corrected chi connectivity index (χ3v) is 5.78. The number of nitrogens with two attached hydrogens (primary N) is 1. The third-order valence-electron chi connectivity index (χ3n) is 2.30. The van der Waals surface area contributed by atoms with Crippen LogP contribution in [0.5, 0.6) is 0 Å². The van der Waals surface area contributed by atoms with Crippen LogP contribution in [0.4, 0.5) is 10.1 Å². The summed E-state index contributed by atoms with van der Waals surface area (Å²) in [4.78, 5) is 0. The summed E-state index contributed by atoms with van der Waals surface area (Å²) in [5, 5.41) is 1.69. The van der Waals surface area contributed by atoms with Gasteiger partial charge < -0.3 is 5.73 Å². The van der Waals surface area contributed by atoms with Gasteiger partial charge >= 0.3 is 0 Å². The maximum Gasteiger partial charge on any atom is 0.271 e. The van der Waals surface area contributed by atoms with Crippen molar-refractivity contribution in [3.05, 3.63) is 45.5 Å².